The number of aromatic nitrogens is 2. The van der Waals surface area contributed by atoms with E-state index in [4.69, 9.17) is 5.11 Å². The van der Waals surface area contributed by atoms with E-state index in [0.717, 1.165) is 22.5 Å². The molecular weight excluding hydrogens is 254 g/mol. The van der Waals surface area contributed by atoms with E-state index in [0.29, 0.717) is 12.2 Å². The molecule has 2 aromatic rings. The van der Waals surface area contributed by atoms with Gasteiger partial charge in [-0.25, -0.2) is 9.97 Å². The average Bonchev–Trinajstić information content (AvgIpc) is 2.47. The molecule has 2 rings (SSSR count). The number of amides is 1. The Labute approximate surface area is 117 Å². The SMILES string of the molecule is CCc1nc(-c2ccc(CO)cc2)cnc1NC(C)=O. The Morgan fingerprint density at radius 2 is 2.00 bits per heavy atom. The van der Waals surface area contributed by atoms with Crippen molar-refractivity contribution in [3.8, 4) is 11.3 Å². The third-order valence-electron chi connectivity index (χ3n) is 2.91. The summed E-state index contributed by atoms with van der Waals surface area (Å²) in [4.78, 5) is 19.9. The quantitative estimate of drug-likeness (QED) is 0.893. The van der Waals surface area contributed by atoms with Crippen LogP contribution < -0.4 is 5.32 Å². The average molecular weight is 271 g/mol. The van der Waals surface area contributed by atoms with Crippen LogP contribution in [0.5, 0.6) is 0 Å². The van der Waals surface area contributed by atoms with Gasteiger partial charge in [0, 0.05) is 12.5 Å². The maximum Gasteiger partial charge on any atom is 0.222 e. The standard InChI is InChI=1S/C15H17N3O2/c1-3-13-15(17-10(2)20)16-8-14(18-13)12-6-4-11(9-19)5-7-12/h4-8,19H,3,9H2,1-2H3,(H,16,17,20). The largest absolute Gasteiger partial charge is 0.392 e. The molecule has 0 aliphatic rings. The second-order valence-electron chi connectivity index (χ2n) is 4.44. The maximum atomic E-state index is 11.1. The van der Waals surface area contributed by atoms with Crippen LogP contribution in [0.15, 0.2) is 30.5 Å². The minimum atomic E-state index is -0.158. The van der Waals surface area contributed by atoms with Crippen molar-refractivity contribution in [2.45, 2.75) is 26.9 Å². The lowest BCUT2D eigenvalue weighted by atomic mass is 10.1. The van der Waals surface area contributed by atoms with Gasteiger partial charge in [-0.1, -0.05) is 31.2 Å². The van der Waals surface area contributed by atoms with Crippen LogP contribution in [0.25, 0.3) is 11.3 Å². The van der Waals surface area contributed by atoms with Crippen molar-refractivity contribution >= 4 is 11.7 Å². The Hall–Kier alpha value is -2.27. The number of aliphatic hydroxyl groups excluding tert-OH is 1. The van der Waals surface area contributed by atoms with Crippen LogP contribution in [0.1, 0.15) is 25.1 Å². The monoisotopic (exact) mass is 271 g/mol. The first-order valence-electron chi connectivity index (χ1n) is 6.47. The smallest absolute Gasteiger partial charge is 0.222 e. The highest BCUT2D eigenvalue weighted by Crippen LogP contribution is 2.20. The molecule has 1 amide bonds. The van der Waals surface area contributed by atoms with Gasteiger partial charge in [0.2, 0.25) is 5.91 Å². The highest BCUT2D eigenvalue weighted by Gasteiger charge is 2.08. The van der Waals surface area contributed by atoms with Gasteiger partial charge < -0.3 is 10.4 Å². The van der Waals surface area contributed by atoms with E-state index < -0.39 is 0 Å². The summed E-state index contributed by atoms with van der Waals surface area (Å²) in [5.41, 5.74) is 3.29. The van der Waals surface area contributed by atoms with Crippen LogP contribution in [-0.4, -0.2) is 21.0 Å². The number of rotatable bonds is 4. The third kappa shape index (κ3) is 3.19. The van der Waals surface area contributed by atoms with Gasteiger partial charge in [-0.05, 0) is 12.0 Å². The van der Waals surface area contributed by atoms with Crippen LogP contribution in [0.4, 0.5) is 5.82 Å². The number of aliphatic hydroxyl groups is 1. The highest BCUT2D eigenvalue weighted by molar-refractivity contribution is 5.88. The van der Waals surface area contributed by atoms with Crippen molar-refractivity contribution in [3.05, 3.63) is 41.7 Å². The Bertz CT molecular complexity index is 609. The first-order chi connectivity index (χ1) is 9.63. The van der Waals surface area contributed by atoms with Gasteiger partial charge in [0.1, 0.15) is 0 Å². The summed E-state index contributed by atoms with van der Waals surface area (Å²) in [6.07, 6.45) is 2.32. The van der Waals surface area contributed by atoms with Gasteiger partial charge in [-0.2, -0.15) is 0 Å². The number of hydrogen-bond donors (Lipinski definition) is 2. The molecule has 0 saturated heterocycles. The molecule has 20 heavy (non-hydrogen) atoms. The predicted molar refractivity (Wildman–Crippen MR) is 77.1 cm³/mol. The third-order valence-corrected chi connectivity index (χ3v) is 2.91. The maximum absolute atomic E-state index is 11.1. The Kier molecular flexibility index (Phi) is 4.42. The zero-order valence-corrected chi connectivity index (χ0v) is 11.6. The molecule has 0 atom stereocenters. The predicted octanol–water partition coefficient (Wildman–Crippen LogP) is 2.16. The number of benzene rings is 1. The minimum absolute atomic E-state index is 0.0215. The fourth-order valence-electron chi connectivity index (χ4n) is 1.87. The number of carbonyl (C=O) groups excluding carboxylic acids is 1. The molecule has 0 fully saturated rings. The Balaban J connectivity index is 2.34. The molecule has 104 valence electrons. The molecule has 5 nitrogen and oxygen atoms in total. The van der Waals surface area contributed by atoms with Crippen molar-refractivity contribution < 1.29 is 9.90 Å². The minimum Gasteiger partial charge on any atom is -0.392 e. The fraction of sp³-hybridized carbons (Fsp3) is 0.267. The zero-order chi connectivity index (χ0) is 14.5. The van der Waals surface area contributed by atoms with Gasteiger partial charge in [-0.3, -0.25) is 4.79 Å². The Morgan fingerprint density at radius 1 is 1.30 bits per heavy atom. The van der Waals surface area contributed by atoms with Crippen molar-refractivity contribution in [2.75, 3.05) is 5.32 Å². The Morgan fingerprint density at radius 3 is 2.55 bits per heavy atom. The van der Waals surface area contributed by atoms with E-state index in [9.17, 15) is 4.79 Å². The summed E-state index contributed by atoms with van der Waals surface area (Å²) in [5.74, 6) is 0.352. The molecule has 1 aromatic carbocycles. The second-order valence-corrected chi connectivity index (χ2v) is 4.44. The van der Waals surface area contributed by atoms with Gasteiger partial charge in [0.05, 0.1) is 24.2 Å². The lowest BCUT2D eigenvalue weighted by Crippen LogP contribution is -2.11. The normalized spacial score (nSPS) is 10.3. The lowest BCUT2D eigenvalue weighted by molar-refractivity contribution is -0.114. The second kappa shape index (κ2) is 6.25. The molecule has 0 aliphatic heterocycles. The van der Waals surface area contributed by atoms with Crippen molar-refractivity contribution in [1.82, 2.24) is 9.97 Å². The van der Waals surface area contributed by atoms with Gasteiger partial charge in [-0.15, -0.1) is 0 Å². The molecule has 5 heteroatoms. The summed E-state index contributed by atoms with van der Waals surface area (Å²) in [6, 6.07) is 7.49. The van der Waals surface area contributed by atoms with Crippen molar-refractivity contribution in [1.29, 1.82) is 0 Å². The zero-order valence-electron chi connectivity index (χ0n) is 11.6. The number of carbonyl (C=O) groups is 1. The molecule has 1 heterocycles. The first-order valence-corrected chi connectivity index (χ1v) is 6.47. The molecule has 0 saturated carbocycles. The molecule has 0 bridgehead atoms. The van der Waals surface area contributed by atoms with Crippen LogP contribution in [0, 0.1) is 0 Å². The number of aryl methyl sites for hydroxylation is 1. The summed E-state index contributed by atoms with van der Waals surface area (Å²) in [5, 5.41) is 11.7. The molecule has 0 unspecified atom stereocenters. The van der Waals surface area contributed by atoms with Gasteiger partial charge in [0.25, 0.3) is 0 Å². The number of nitrogens with one attached hydrogen (secondary N) is 1. The number of anilines is 1. The van der Waals surface area contributed by atoms with E-state index in [-0.39, 0.29) is 12.5 Å². The molecular formula is C15H17N3O2. The summed E-state index contributed by atoms with van der Waals surface area (Å²) >= 11 is 0. The molecule has 0 spiro atoms. The van der Waals surface area contributed by atoms with Crippen LogP contribution in [0.3, 0.4) is 0 Å². The summed E-state index contributed by atoms with van der Waals surface area (Å²) in [6.45, 7) is 3.43. The van der Waals surface area contributed by atoms with E-state index >= 15 is 0 Å². The molecule has 2 N–H and O–H groups in total. The highest BCUT2D eigenvalue weighted by atomic mass is 16.3. The first kappa shape index (κ1) is 14.1. The summed E-state index contributed by atoms with van der Waals surface area (Å²) in [7, 11) is 0. The topological polar surface area (TPSA) is 75.1 Å². The molecule has 1 aromatic heterocycles. The van der Waals surface area contributed by atoms with Crippen LogP contribution in [-0.2, 0) is 17.8 Å². The van der Waals surface area contributed by atoms with E-state index in [2.05, 4.69) is 15.3 Å². The summed E-state index contributed by atoms with van der Waals surface area (Å²) < 4.78 is 0. The van der Waals surface area contributed by atoms with Crippen molar-refractivity contribution in [3.63, 3.8) is 0 Å². The van der Waals surface area contributed by atoms with Gasteiger partial charge in [0.15, 0.2) is 5.82 Å². The van der Waals surface area contributed by atoms with Crippen molar-refractivity contribution in [2.24, 2.45) is 0 Å². The molecule has 0 radical (unpaired) electrons. The lowest BCUT2D eigenvalue weighted by Gasteiger charge is -2.09. The van der Waals surface area contributed by atoms with E-state index in [1.807, 2.05) is 31.2 Å². The fourth-order valence-corrected chi connectivity index (χ4v) is 1.87. The number of hydrogen-bond acceptors (Lipinski definition) is 4. The van der Waals surface area contributed by atoms with Crippen LogP contribution >= 0.6 is 0 Å². The van der Waals surface area contributed by atoms with E-state index in [1.54, 1.807) is 6.20 Å². The van der Waals surface area contributed by atoms with Crippen LogP contribution in [0.2, 0.25) is 0 Å². The number of nitrogens with zero attached hydrogens (tertiary/aromatic N) is 2. The van der Waals surface area contributed by atoms with E-state index in [1.165, 1.54) is 6.92 Å². The molecule has 0 aliphatic carbocycles. The van der Waals surface area contributed by atoms with Gasteiger partial charge >= 0.3 is 0 Å².